The van der Waals surface area contributed by atoms with Gasteiger partial charge in [-0.2, -0.15) is 0 Å². The molecule has 0 aliphatic heterocycles. The molecule has 2 aliphatic carbocycles. The Morgan fingerprint density at radius 1 is 0.453 bits per heavy atom. The van der Waals surface area contributed by atoms with Gasteiger partial charge >= 0.3 is 0 Å². The third-order valence-corrected chi connectivity index (χ3v) is 17.3. The highest BCUT2D eigenvalue weighted by Crippen LogP contribution is 2.59. The Morgan fingerprint density at radius 3 is 1.38 bits per heavy atom. The lowest BCUT2D eigenvalue weighted by Crippen LogP contribution is -2.45. The van der Waals surface area contributed by atoms with Gasteiger partial charge in [0.15, 0.2) is 0 Å². The van der Waals surface area contributed by atoms with Crippen LogP contribution < -0.4 is 0 Å². The molecule has 0 heterocycles. The first-order valence-electron chi connectivity index (χ1n) is 19.9. The second-order valence-corrected chi connectivity index (χ2v) is 21.5. The molecule has 8 rings (SSSR count). The molecule has 0 spiro atoms. The highest BCUT2D eigenvalue weighted by atomic mass is 28.3. The molecule has 6 aromatic carbocycles. The van der Waals surface area contributed by atoms with Gasteiger partial charge in [-0.05, 0) is 107 Å². The van der Waals surface area contributed by atoms with Crippen LogP contribution in [0.5, 0.6) is 0 Å². The van der Waals surface area contributed by atoms with E-state index < -0.39 is 8.07 Å². The fourth-order valence-corrected chi connectivity index (χ4v) is 15.4. The minimum atomic E-state index is -2.25. The van der Waals surface area contributed by atoms with Crippen LogP contribution in [0.1, 0.15) is 102 Å². The Bertz CT molecular complexity index is 2040. The van der Waals surface area contributed by atoms with Gasteiger partial charge in [0.25, 0.3) is 0 Å². The molecular weight excluding hydrogens is 657 g/mol. The summed E-state index contributed by atoms with van der Waals surface area (Å²) in [6, 6.07) is 57.0. The van der Waals surface area contributed by atoms with E-state index in [-0.39, 0.29) is 5.60 Å². The maximum Gasteiger partial charge on any atom is 0.0761 e. The van der Waals surface area contributed by atoms with Crippen LogP contribution in [0, 0.1) is 0 Å². The molecule has 268 valence electrons. The zero-order valence-electron chi connectivity index (χ0n) is 32.1. The Morgan fingerprint density at radius 2 is 0.887 bits per heavy atom. The number of unbranched alkanes of at least 4 members (excludes halogenated alkanes) is 3. The van der Waals surface area contributed by atoms with Gasteiger partial charge in [-0.25, -0.2) is 0 Å². The van der Waals surface area contributed by atoms with Crippen LogP contribution in [0.4, 0.5) is 0 Å². The molecule has 0 saturated heterocycles. The smallest absolute Gasteiger partial charge is 0.0761 e. The maximum atomic E-state index is 6.11. The van der Waals surface area contributed by atoms with Crippen molar-refractivity contribution in [3.8, 4) is 22.3 Å². The average Bonchev–Trinajstić information content (AvgIpc) is 3.68. The molecule has 1 nitrogen and oxygen atoms in total. The summed E-state index contributed by atoms with van der Waals surface area (Å²) in [5, 5.41) is 0. The van der Waals surface area contributed by atoms with E-state index in [2.05, 4.69) is 173 Å². The summed E-state index contributed by atoms with van der Waals surface area (Å²) >= 11 is 0. The van der Waals surface area contributed by atoms with E-state index in [4.69, 9.17) is 4.74 Å². The summed E-state index contributed by atoms with van der Waals surface area (Å²) < 4.78 is 6.11. The van der Waals surface area contributed by atoms with Crippen molar-refractivity contribution in [3.63, 3.8) is 0 Å². The first kappa shape index (κ1) is 35.5. The average molecular weight is 711 g/mol. The van der Waals surface area contributed by atoms with E-state index in [1.807, 2.05) is 0 Å². The number of rotatable bonds is 13. The largest absolute Gasteiger partial charge is 0.376 e. The molecule has 0 amide bonds. The van der Waals surface area contributed by atoms with Crippen molar-refractivity contribution < 1.29 is 4.74 Å². The first-order chi connectivity index (χ1) is 25.8. The van der Waals surface area contributed by atoms with Crippen molar-refractivity contribution >= 4 is 8.07 Å². The predicted molar refractivity (Wildman–Crippen MR) is 227 cm³/mol. The number of hydrogen-bond donors (Lipinski definition) is 0. The maximum absolute atomic E-state index is 6.11. The van der Waals surface area contributed by atoms with Gasteiger partial charge in [0, 0.05) is 17.7 Å². The van der Waals surface area contributed by atoms with Gasteiger partial charge in [0.2, 0.25) is 0 Å². The van der Waals surface area contributed by atoms with Crippen LogP contribution in [-0.4, -0.2) is 20.3 Å². The monoisotopic (exact) mass is 710 g/mol. The molecule has 0 fully saturated rings. The first-order valence-corrected chi connectivity index (χ1v) is 22.8. The van der Waals surface area contributed by atoms with Crippen molar-refractivity contribution in [2.45, 2.75) is 88.6 Å². The fraction of sp³-hybridized carbons (Fsp3) is 0.294. The zero-order valence-corrected chi connectivity index (χ0v) is 33.1. The molecule has 0 N–H and O–H groups in total. The van der Waals surface area contributed by atoms with E-state index in [1.165, 1.54) is 69.8 Å². The van der Waals surface area contributed by atoms with Crippen LogP contribution in [0.3, 0.4) is 0 Å². The van der Waals surface area contributed by atoms with Crippen LogP contribution >= 0.6 is 0 Å². The summed E-state index contributed by atoms with van der Waals surface area (Å²) in [4.78, 5) is 0. The molecule has 53 heavy (non-hydrogen) atoms. The Hall–Kier alpha value is -4.50. The zero-order chi connectivity index (χ0) is 36.4. The molecule has 0 saturated carbocycles. The van der Waals surface area contributed by atoms with Crippen LogP contribution in [0.25, 0.3) is 22.3 Å². The fourth-order valence-electron chi connectivity index (χ4n) is 9.61. The quantitative estimate of drug-likeness (QED) is 0.0856. The molecule has 2 heteroatoms. The predicted octanol–water partition coefficient (Wildman–Crippen LogP) is 13.3. The summed E-state index contributed by atoms with van der Waals surface area (Å²) in [5.74, 6) is 0. The summed E-state index contributed by atoms with van der Waals surface area (Å²) in [6.45, 7) is 10.1. The SMILES string of the molecule is CC(C)(C)OCCCCCC[Si](C)(C1c2ccccc2-c2ccc(Cc3ccccc3)cc21)C1c2ccccc2-c2ccc(Cc3ccccc3)cc21. The lowest BCUT2D eigenvalue weighted by atomic mass is 9.99. The van der Waals surface area contributed by atoms with Gasteiger partial charge in [0.1, 0.15) is 0 Å². The van der Waals surface area contributed by atoms with E-state index in [0.717, 1.165) is 25.9 Å². The van der Waals surface area contributed by atoms with Crippen LogP contribution in [-0.2, 0) is 17.6 Å². The van der Waals surface area contributed by atoms with E-state index in [0.29, 0.717) is 11.1 Å². The van der Waals surface area contributed by atoms with Crippen LogP contribution in [0.2, 0.25) is 12.6 Å². The molecule has 2 aliphatic rings. The Kier molecular flexibility index (Phi) is 10.1. The van der Waals surface area contributed by atoms with Crippen molar-refractivity contribution in [1.82, 2.24) is 0 Å². The van der Waals surface area contributed by atoms with E-state index in [1.54, 1.807) is 22.3 Å². The third kappa shape index (κ3) is 7.37. The Labute approximate surface area is 319 Å². The van der Waals surface area contributed by atoms with Crippen molar-refractivity contribution in [3.05, 3.63) is 190 Å². The molecule has 0 bridgehead atoms. The topological polar surface area (TPSA) is 9.23 Å². The Balaban J connectivity index is 1.22. The van der Waals surface area contributed by atoms with Crippen LogP contribution in [0.15, 0.2) is 146 Å². The molecule has 0 radical (unpaired) electrons. The van der Waals surface area contributed by atoms with E-state index >= 15 is 0 Å². The summed E-state index contributed by atoms with van der Waals surface area (Å²) in [6.07, 6.45) is 6.78. The summed E-state index contributed by atoms with van der Waals surface area (Å²) in [5.41, 5.74) is 18.4. The van der Waals surface area contributed by atoms with Gasteiger partial charge < -0.3 is 4.74 Å². The number of benzene rings is 6. The molecule has 0 aromatic heterocycles. The van der Waals surface area contributed by atoms with Crippen molar-refractivity contribution in [1.29, 1.82) is 0 Å². The van der Waals surface area contributed by atoms with E-state index in [9.17, 15) is 0 Å². The lowest BCUT2D eigenvalue weighted by Gasteiger charge is -2.42. The van der Waals surface area contributed by atoms with Gasteiger partial charge in [-0.1, -0.05) is 177 Å². The molecule has 2 atom stereocenters. The highest BCUT2D eigenvalue weighted by molar-refractivity contribution is 6.83. The lowest BCUT2D eigenvalue weighted by molar-refractivity contribution is -0.00471. The van der Waals surface area contributed by atoms with Crippen molar-refractivity contribution in [2.24, 2.45) is 0 Å². The molecular formula is C51H54OSi. The standard InChI is InChI=1S/C51H54OSi/c1-51(2,3)52-31-17-5-6-18-32-53(4,49-45-25-15-13-23-41(45)43-29-27-39(35-47(43)49)33-37-19-9-7-10-20-37)50-46-26-16-14-24-42(46)44-30-28-40(36-48(44)50)34-38-21-11-8-12-22-38/h7-16,19-30,35-36,49-50H,5-6,17-18,31-34H2,1-4H3. The molecule has 2 unspecified atom stereocenters. The summed E-state index contributed by atoms with van der Waals surface area (Å²) in [7, 11) is -2.25. The highest BCUT2D eigenvalue weighted by Gasteiger charge is 2.52. The number of hydrogen-bond acceptors (Lipinski definition) is 1. The van der Waals surface area contributed by atoms with Gasteiger partial charge in [0.05, 0.1) is 13.7 Å². The minimum absolute atomic E-state index is 0.0727. The third-order valence-electron chi connectivity index (χ3n) is 11.9. The second-order valence-electron chi connectivity index (χ2n) is 16.8. The van der Waals surface area contributed by atoms with Crippen molar-refractivity contribution in [2.75, 3.05) is 6.61 Å². The second kappa shape index (κ2) is 15.1. The number of fused-ring (bicyclic) bond motifs is 6. The minimum Gasteiger partial charge on any atom is -0.376 e. The molecule has 6 aromatic rings. The number of ether oxygens (including phenoxy) is 1. The normalized spacial score (nSPS) is 16.8. The van der Waals surface area contributed by atoms with Gasteiger partial charge in [-0.15, -0.1) is 0 Å². The van der Waals surface area contributed by atoms with Gasteiger partial charge in [-0.3, -0.25) is 0 Å².